The van der Waals surface area contributed by atoms with Gasteiger partial charge in [-0.2, -0.15) is 4.58 Å². The third-order valence-electron chi connectivity index (χ3n) is 3.79. The second-order valence-electron chi connectivity index (χ2n) is 5.38. The van der Waals surface area contributed by atoms with Crippen molar-refractivity contribution in [3.63, 3.8) is 0 Å². The molecule has 2 aromatic carbocycles. The minimum absolute atomic E-state index is 0.848. The van der Waals surface area contributed by atoms with Crippen LogP contribution in [-0.4, -0.2) is 24.1 Å². The Kier molecular flexibility index (Phi) is 5.35. The van der Waals surface area contributed by atoms with Crippen LogP contribution in [0.1, 0.15) is 32.3 Å². The van der Waals surface area contributed by atoms with Crippen LogP contribution in [0.25, 0.3) is 10.8 Å². The Morgan fingerprint density at radius 2 is 1.74 bits per heavy atom. The van der Waals surface area contributed by atoms with Crippen LogP contribution >= 0.6 is 11.6 Å². The first-order valence-corrected chi connectivity index (χ1v) is 7.82. The van der Waals surface area contributed by atoms with Gasteiger partial charge in [0.2, 0.25) is 5.69 Å². The van der Waals surface area contributed by atoms with E-state index in [1.54, 1.807) is 0 Å². The summed E-state index contributed by atoms with van der Waals surface area (Å²) in [6.45, 7) is 5.53. The molecule has 0 saturated carbocycles. The summed E-state index contributed by atoms with van der Waals surface area (Å²) < 4.78 is 41.4. The second-order valence-corrected chi connectivity index (χ2v) is 5.79. The molecule has 0 amide bonds. The molecule has 0 unspecified atom stereocenters. The molecule has 0 fully saturated rings. The van der Waals surface area contributed by atoms with E-state index in [2.05, 4.69) is 42.7 Å². The van der Waals surface area contributed by atoms with E-state index in [1.807, 2.05) is 6.07 Å². The number of hydrogen-bond donors (Lipinski definition) is 0. The van der Waals surface area contributed by atoms with E-state index in [0.29, 0.717) is 0 Å². The maximum Gasteiger partial charge on any atom is 0.673 e. The maximum absolute atomic E-state index is 9.75. The molecule has 0 aromatic heterocycles. The SMILES string of the molecule is CCCC[N+]1=C(C)c2cccc3c(Cl)ccc1c23.F[B-](F)(F)F. The van der Waals surface area contributed by atoms with Crippen LogP contribution in [0.2, 0.25) is 5.02 Å². The van der Waals surface area contributed by atoms with Crippen molar-refractivity contribution in [3.05, 3.63) is 40.9 Å². The lowest BCUT2D eigenvalue weighted by molar-refractivity contribution is -0.437. The highest BCUT2D eigenvalue weighted by molar-refractivity contribution is 6.50. The van der Waals surface area contributed by atoms with Crippen molar-refractivity contribution in [2.24, 2.45) is 0 Å². The normalized spacial score (nSPS) is 13.3. The Balaban J connectivity index is 0.000000338. The molecule has 23 heavy (non-hydrogen) atoms. The van der Waals surface area contributed by atoms with Gasteiger partial charge in [-0.05, 0) is 12.1 Å². The van der Waals surface area contributed by atoms with E-state index in [4.69, 9.17) is 11.6 Å². The maximum atomic E-state index is 9.75. The highest BCUT2D eigenvalue weighted by atomic mass is 35.5. The highest BCUT2D eigenvalue weighted by Gasteiger charge is 2.29. The van der Waals surface area contributed by atoms with Crippen LogP contribution in [0.5, 0.6) is 0 Å². The molecule has 1 heterocycles. The number of benzene rings is 2. The first kappa shape index (κ1) is 17.8. The standard InChI is InChI=1S/C16H17ClN.BF4/c1-3-4-10-18-11(2)12-6-5-7-13-14(17)8-9-15(18)16(12)13;2-1(3,4)5/h5-9H,3-4,10H2,1-2H3;/q+1;-1. The molecule has 0 aliphatic carbocycles. The van der Waals surface area contributed by atoms with Gasteiger partial charge in [-0.1, -0.05) is 37.1 Å². The van der Waals surface area contributed by atoms with Crippen molar-refractivity contribution in [1.82, 2.24) is 0 Å². The Morgan fingerprint density at radius 1 is 1.09 bits per heavy atom. The van der Waals surface area contributed by atoms with Crippen molar-refractivity contribution >= 4 is 41.0 Å². The van der Waals surface area contributed by atoms with Gasteiger partial charge in [0.15, 0.2) is 5.71 Å². The Morgan fingerprint density at radius 3 is 2.35 bits per heavy atom. The summed E-state index contributed by atoms with van der Waals surface area (Å²) in [6.07, 6.45) is 2.44. The Bertz CT molecular complexity index is 750. The van der Waals surface area contributed by atoms with Gasteiger partial charge >= 0.3 is 7.25 Å². The fourth-order valence-electron chi connectivity index (χ4n) is 2.81. The molecule has 0 atom stereocenters. The van der Waals surface area contributed by atoms with Crippen LogP contribution in [0.3, 0.4) is 0 Å². The van der Waals surface area contributed by atoms with Gasteiger partial charge in [0.25, 0.3) is 0 Å². The lowest BCUT2D eigenvalue weighted by Gasteiger charge is -2.02. The summed E-state index contributed by atoms with van der Waals surface area (Å²) in [5, 5.41) is 3.34. The number of hydrogen-bond acceptors (Lipinski definition) is 0. The molecule has 0 spiro atoms. The molecule has 1 aliphatic heterocycles. The third kappa shape index (κ3) is 4.05. The lowest BCUT2D eigenvalue weighted by Crippen LogP contribution is -2.11. The smallest absolute Gasteiger partial charge is 0.418 e. The Labute approximate surface area is 137 Å². The lowest BCUT2D eigenvalue weighted by atomic mass is 10.0. The molecule has 7 heteroatoms. The number of halogens is 5. The summed E-state index contributed by atoms with van der Waals surface area (Å²) >= 11 is 6.30. The molecule has 0 radical (unpaired) electrons. The van der Waals surface area contributed by atoms with Crippen molar-refractivity contribution < 1.29 is 21.8 Å². The molecule has 0 bridgehead atoms. The first-order valence-electron chi connectivity index (χ1n) is 7.44. The fourth-order valence-corrected chi connectivity index (χ4v) is 3.03. The van der Waals surface area contributed by atoms with Crippen LogP contribution in [-0.2, 0) is 0 Å². The van der Waals surface area contributed by atoms with E-state index in [-0.39, 0.29) is 0 Å². The number of nitrogens with zero attached hydrogens (tertiary/aromatic N) is 1. The van der Waals surface area contributed by atoms with Crippen molar-refractivity contribution in [1.29, 1.82) is 0 Å². The van der Waals surface area contributed by atoms with Crippen LogP contribution in [0.4, 0.5) is 23.0 Å². The van der Waals surface area contributed by atoms with Gasteiger partial charge < -0.3 is 17.3 Å². The van der Waals surface area contributed by atoms with E-state index >= 15 is 0 Å². The van der Waals surface area contributed by atoms with Crippen molar-refractivity contribution in [3.8, 4) is 0 Å². The molecule has 124 valence electrons. The zero-order chi connectivity index (χ0) is 17.2. The minimum atomic E-state index is -6.00. The molecule has 1 aliphatic rings. The van der Waals surface area contributed by atoms with Gasteiger partial charge in [0.05, 0.1) is 10.9 Å². The van der Waals surface area contributed by atoms with Gasteiger partial charge in [-0.15, -0.1) is 0 Å². The molecular formula is C16H17BClF4N. The number of unbranched alkanes of at least 4 members (excludes halogenated alkanes) is 1. The van der Waals surface area contributed by atoms with Crippen LogP contribution in [0, 0.1) is 0 Å². The zero-order valence-electron chi connectivity index (χ0n) is 12.9. The highest BCUT2D eigenvalue weighted by Crippen LogP contribution is 2.38. The van der Waals surface area contributed by atoms with E-state index in [1.165, 1.54) is 40.6 Å². The monoisotopic (exact) mass is 345 g/mol. The molecule has 0 N–H and O–H groups in total. The van der Waals surface area contributed by atoms with E-state index < -0.39 is 7.25 Å². The summed E-state index contributed by atoms with van der Waals surface area (Å²) in [6, 6.07) is 10.6. The second kappa shape index (κ2) is 6.91. The van der Waals surface area contributed by atoms with E-state index in [0.717, 1.165) is 11.6 Å². The predicted molar refractivity (Wildman–Crippen MR) is 88.6 cm³/mol. The summed E-state index contributed by atoms with van der Waals surface area (Å²) in [7, 11) is -6.00. The summed E-state index contributed by atoms with van der Waals surface area (Å²) in [4.78, 5) is 0. The molecule has 2 aromatic rings. The largest absolute Gasteiger partial charge is 0.673 e. The fraction of sp³-hybridized carbons (Fsp3) is 0.312. The third-order valence-corrected chi connectivity index (χ3v) is 4.12. The summed E-state index contributed by atoms with van der Waals surface area (Å²) in [5.74, 6) is 0. The molecular weight excluding hydrogens is 328 g/mol. The van der Waals surface area contributed by atoms with E-state index in [9.17, 15) is 17.3 Å². The average Bonchev–Trinajstić information content (AvgIpc) is 2.73. The number of rotatable bonds is 3. The topological polar surface area (TPSA) is 3.01 Å². The van der Waals surface area contributed by atoms with Crippen LogP contribution in [0.15, 0.2) is 30.3 Å². The molecule has 1 nitrogen and oxygen atoms in total. The molecule has 3 rings (SSSR count). The van der Waals surface area contributed by atoms with Gasteiger partial charge in [0, 0.05) is 29.8 Å². The zero-order valence-corrected chi connectivity index (χ0v) is 13.7. The van der Waals surface area contributed by atoms with Gasteiger partial charge in [0.1, 0.15) is 6.54 Å². The van der Waals surface area contributed by atoms with Crippen molar-refractivity contribution in [2.75, 3.05) is 6.54 Å². The van der Waals surface area contributed by atoms with Gasteiger partial charge in [-0.3, -0.25) is 0 Å². The summed E-state index contributed by atoms with van der Waals surface area (Å²) in [5.41, 5.74) is 4.00. The minimum Gasteiger partial charge on any atom is -0.418 e. The van der Waals surface area contributed by atoms with Gasteiger partial charge in [-0.25, -0.2) is 0 Å². The molecule has 0 saturated heterocycles. The Hall–Kier alpha value is -1.56. The quantitative estimate of drug-likeness (QED) is 0.361. The van der Waals surface area contributed by atoms with Crippen molar-refractivity contribution in [2.45, 2.75) is 26.7 Å². The average molecular weight is 346 g/mol. The predicted octanol–water partition coefficient (Wildman–Crippen LogP) is 6.06. The first-order chi connectivity index (χ1) is 10.7. The van der Waals surface area contributed by atoms with Crippen LogP contribution < -0.4 is 0 Å².